The highest BCUT2D eigenvalue weighted by Crippen LogP contribution is 2.25. The summed E-state index contributed by atoms with van der Waals surface area (Å²) in [4.78, 5) is 15.8. The molecule has 1 fully saturated rings. The predicted octanol–water partition coefficient (Wildman–Crippen LogP) is 1.92. The van der Waals surface area contributed by atoms with Crippen molar-refractivity contribution in [2.75, 3.05) is 33.8 Å². The minimum atomic E-state index is -0.905. The number of carbonyl (C=O) groups is 1. The van der Waals surface area contributed by atoms with Gasteiger partial charge in [-0.15, -0.1) is 0 Å². The molecule has 21 heavy (non-hydrogen) atoms. The Balaban J connectivity index is 2.18. The maximum Gasteiger partial charge on any atom is 0.335 e. The molecule has 0 unspecified atom stereocenters. The Kier molecular flexibility index (Phi) is 4.54. The van der Waals surface area contributed by atoms with Crippen LogP contribution in [0.3, 0.4) is 0 Å². The smallest absolute Gasteiger partial charge is 0.335 e. The highest BCUT2D eigenvalue weighted by atomic mass is 16.5. The van der Waals surface area contributed by atoms with Crippen molar-refractivity contribution in [1.29, 1.82) is 0 Å². The maximum atomic E-state index is 11.1. The number of methoxy groups -OCH3 is 1. The first-order chi connectivity index (χ1) is 9.83. The third-order valence-corrected chi connectivity index (χ3v) is 4.32. The SMILES string of the molecule is COc1ccc(C(=O)O)cc1CN1CCN(C)C(C)(C)C1. The Morgan fingerprint density at radius 3 is 2.67 bits per heavy atom. The summed E-state index contributed by atoms with van der Waals surface area (Å²) in [6, 6.07) is 5.03. The lowest BCUT2D eigenvalue weighted by atomic mass is 9.99. The van der Waals surface area contributed by atoms with Crippen molar-refractivity contribution in [2.45, 2.75) is 25.9 Å². The van der Waals surface area contributed by atoms with Crippen LogP contribution < -0.4 is 4.74 Å². The van der Waals surface area contributed by atoms with E-state index in [1.807, 2.05) is 0 Å². The number of carboxylic acid groups (broad SMARTS) is 1. The molecule has 0 aliphatic carbocycles. The first-order valence-corrected chi connectivity index (χ1v) is 7.17. The standard InChI is InChI=1S/C16H24N2O3/c1-16(2)11-18(8-7-17(16)3)10-13-9-12(15(19)20)5-6-14(13)21-4/h5-6,9H,7-8,10-11H2,1-4H3,(H,19,20). The van der Waals surface area contributed by atoms with Crippen molar-refractivity contribution < 1.29 is 14.6 Å². The first kappa shape index (κ1) is 15.8. The zero-order valence-corrected chi connectivity index (χ0v) is 13.2. The summed E-state index contributed by atoms with van der Waals surface area (Å²) in [6.07, 6.45) is 0. The van der Waals surface area contributed by atoms with Gasteiger partial charge in [0.15, 0.2) is 0 Å². The van der Waals surface area contributed by atoms with Gasteiger partial charge >= 0.3 is 5.97 Å². The molecule has 1 aromatic rings. The van der Waals surface area contributed by atoms with Crippen LogP contribution in [0.1, 0.15) is 29.8 Å². The van der Waals surface area contributed by atoms with E-state index in [0.717, 1.165) is 30.9 Å². The summed E-state index contributed by atoms with van der Waals surface area (Å²) in [6.45, 7) is 8.09. The van der Waals surface area contributed by atoms with E-state index < -0.39 is 5.97 Å². The van der Waals surface area contributed by atoms with Crippen LogP contribution in [0.15, 0.2) is 18.2 Å². The molecule has 1 aliphatic heterocycles. The topological polar surface area (TPSA) is 53.0 Å². The van der Waals surface area contributed by atoms with Crippen LogP contribution in [0.4, 0.5) is 0 Å². The molecular formula is C16H24N2O3. The number of carboxylic acids is 1. The van der Waals surface area contributed by atoms with Crippen molar-refractivity contribution in [1.82, 2.24) is 9.80 Å². The number of benzene rings is 1. The van der Waals surface area contributed by atoms with E-state index in [2.05, 4.69) is 30.7 Å². The molecule has 0 spiro atoms. The van der Waals surface area contributed by atoms with Crippen molar-refractivity contribution in [2.24, 2.45) is 0 Å². The van der Waals surface area contributed by atoms with Crippen LogP contribution >= 0.6 is 0 Å². The second-order valence-electron chi connectivity index (χ2n) is 6.28. The van der Waals surface area contributed by atoms with Crippen LogP contribution in [0.5, 0.6) is 5.75 Å². The van der Waals surface area contributed by atoms with Gasteiger partial charge in [-0.05, 0) is 39.1 Å². The molecule has 0 radical (unpaired) electrons. The zero-order valence-electron chi connectivity index (χ0n) is 13.2. The minimum absolute atomic E-state index is 0.121. The van der Waals surface area contributed by atoms with Gasteiger partial charge in [-0.25, -0.2) is 4.79 Å². The van der Waals surface area contributed by atoms with Crippen molar-refractivity contribution >= 4 is 5.97 Å². The molecule has 1 aromatic carbocycles. The van der Waals surface area contributed by atoms with E-state index in [4.69, 9.17) is 9.84 Å². The lowest BCUT2D eigenvalue weighted by Gasteiger charge is -2.45. The lowest BCUT2D eigenvalue weighted by molar-refractivity contribution is 0.0356. The van der Waals surface area contributed by atoms with E-state index in [1.54, 1.807) is 25.3 Å². The lowest BCUT2D eigenvalue weighted by Crippen LogP contribution is -2.57. The Labute approximate surface area is 126 Å². The van der Waals surface area contributed by atoms with Crippen molar-refractivity contribution in [3.05, 3.63) is 29.3 Å². The van der Waals surface area contributed by atoms with Gasteiger partial charge in [-0.3, -0.25) is 9.80 Å². The van der Waals surface area contributed by atoms with Crippen LogP contribution in [-0.4, -0.2) is 60.2 Å². The normalized spacial score (nSPS) is 19.4. The summed E-state index contributed by atoms with van der Waals surface area (Å²) in [5.41, 5.74) is 1.35. The van der Waals surface area contributed by atoms with E-state index in [1.165, 1.54) is 0 Å². The summed E-state index contributed by atoms with van der Waals surface area (Å²) >= 11 is 0. The molecule has 0 saturated carbocycles. The van der Waals surface area contributed by atoms with Crippen molar-refractivity contribution in [3.8, 4) is 5.75 Å². The van der Waals surface area contributed by atoms with Gasteiger partial charge in [0.05, 0.1) is 12.7 Å². The number of ether oxygens (including phenoxy) is 1. The Morgan fingerprint density at radius 2 is 2.10 bits per heavy atom. The van der Waals surface area contributed by atoms with Gasteiger partial charge in [0, 0.05) is 37.3 Å². The largest absolute Gasteiger partial charge is 0.496 e. The minimum Gasteiger partial charge on any atom is -0.496 e. The molecule has 5 heteroatoms. The van der Waals surface area contributed by atoms with Gasteiger partial charge in [-0.2, -0.15) is 0 Å². The number of rotatable bonds is 4. The highest BCUT2D eigenvalue weighted by Gasteiger charge is 2.31. The highest BCUT2D eigenvalue weighted by molar-refractivity contribution is 5.88. The van der Waals surface area contributed by atoms with Gasteiger partial charge in [-0.1, -0.05) is 0 Å². The molecule has 1 heterocycles. The molecule has 5 nitrogen and oxygen atoms in total. The number of aromatic carboxylic acids is 1. The molecule has 0 amide bonds. The second kappa shape index (κ2) is 6.03. The molecule has 1 saturated heterocycles. The molecule has 116 valence electrons. The van der Waals surface area contributed by atoms with Gasteiger partial charge in [0.2, 0.25) is 0 Å². The predicted molar refractivity (Wildman–Crippen MR) is 81.9 cm³/mol. The quantitative estimate of drug-likeness (QED) is 0.919. The number of hydrogen-bond donors (Lipinski definition) is 1. The summed E-state index contributed by atoms with van der Waals surface area (Å²) < 4.78 is 5.36. The van der Waals surface area contributed by atoms with E-state index >= 15 is 0 Å². The molecule has 1 N–H and O–H groups in total. The zero-order chi connectivity index (χ0) is 15.6. The molecule has 1 aliphatic rings. The van der Waals surface area contributed by atoms with E-state index in [0.29, 0.717) is 12.1 Å². The number of likely N-dealkylation sites (N-methyl/N-ethyl adjacent to an activating group) is 1. The van der Waals surface area contributed by atoms with Crippen LogP contribution in [0.25, 0.3) is 0 Å². The third kappa shape index (κ3) is 3.54. The Bertz CT molecular complexity index is 528. The van der Waals surface area contributed by atoms with Gasteiger partial charge in [0.25, 0.3) is 0 Å². The summed E-state index contributed by atoms with van der Waals surface area (Å²) in [7, 11) is 3.76. The molecule has 0 aromatic heterocycles. The Morgan fingerprint density at radius 1 is 1.38 bits per heavy atom. The average Bonchev–Trinajstić information content (AvgIpc) is 2.42. The fourth-order valence-electron chi connectivity index (χ4n) is 2.75. The maximum absolute atomic E-state index is 11.1. The van der Waals surface area contributed by atoms with Crippen LogP contribution in [0, 0.1) is 0 Å². The van der Waals surface area contributed by atoms with Gasteiger partial charge < -0.3 is 9.84 Å². The monoisotopic (exact) mass is 292 g/mol. The molecular weight excluding hydrogens is 268 g/mol. The first-order valence-electron chi connectivity index (χ1n) is 7.17. The number of nitrogens with zero attached hydrogens (tertiary/aromatic N) is 2. The Hall–Kier alpha value is -1.59. The van der Waals surface area contributed by atoms with Crippen molar-refractivity contribution in [3.63, 3.8) is 0 Å². The van der Waals surface area contributed by atoms with Crippen LogP contribution in [0.2, 0.25) is 0 Å². The summed E-state index contributed by atoms with van der Waals surface area (Å²) in [5, 5.41) is 9.14. The summed E-state index contributed by atoms with van der Waals surface area (Å²) in [5.74, 6) is -0.158. The number of piperazine rings is 1. The fourth-order valence-corrected chi connectivity index (χ4v) is 2.75. The molecule has 0 atom stereocenters. The van der Waals surface area contributed by atoms with Crippen LogP contribution in [-0.2, 0) is 6.54 Å². The number of hydrogen-bond acceptors (Lipinski definition) is 4. The molecule has 0 bridgehead atoms. The van der Waals surface area contributed by atoms with E-state index in [9.17, 15) is 4.79 Å². The second-order valence-corrected chi connectivity index (χ2v) is 6.28. The molecule has 2 rings (SSSR count). The fraction of sp³-hybridized carbons (Fsp3) is 0.562. The average molecular weight is 292 g/mol. The van der Waals surface area contributed by atoms with E-state index in [-0.39, 0.29) is 5.54 Å². The third-order valence-electron chi connectivity index (χ3n) is 4.32. The van der Waals surface area contributed by atoms with Gasteiger partial charge in [0.1, 0.15) is 5.75 Å².